The number of aliphatic imine (C=N–C) groups is 1. The smallest absolute Gasteiger partial charge is 0.244 e. The minimum Gasteiger partial charge on any atom is -0.370 e. The van der Waals surface area contributed by atoms with Crippen molar-refractivity contribution in [2.75, 3.05) is 31.9 Å². The molecule has 1 unspecified atom stereocenters. The zero-order chi connectivity index (χ0) is 41.4. The number of thiol groups is 1. The van der Waals surface area contributed by atoms with E-state index in [4.69, 9.17) is 45.9 Å². The second-order valence-electron chi connectivity index (χ2n) is 13.2. The van der Waals surface area contributed by atoms with Gasteiger partial charge in [0.25, 0.3) is 0 Å². The van der Waals surface area contributed by atoms with Gasteiger partial charge in [0, 0.05) is 18.8 Å². The van der Waals surface area contributed by atoms with E-state index < -0.39 is 95.9 Å². The van der Waals surface area contributed by atoms with E-state index in [1.54, 1.807) is 13.8 Å². The number of guanidine groups is 1. The molecule has 0 spiro atoms. The molecule has 0 rings (SSSR count). The molecule has 7 atom stereocenters. The molecular weight excluding hydrogens is 725 g/mol. The van der Waals surface area contributed by atoms with Crippen LogP contribution in [0.25, 0.3) is 0 Å². The summed E-state index contributed by atoms with van der Waals surface area (Å²) in [5.41, 5.74) is 44.6. The third-order valence-corrected chi connectivity index (χ3v) is 8.58. The molecule has 0 aromatic carbocycles. The molecule has 0 aliphatic carbocycles. The average Bonchev–Trinajstić information content (AvgIpc) is 3.11. The number of amides is 6. The first-order chi connectivity index (χ1) is 25.4. The number of carbonyl (C=O) groups is 7. The maximum Gasteiger partial charge on any atom is 0.244 e. The van der Waals surface area contributed by atoms with Gasteiger partial charge in [-0.1, -0.05) is 13.8 Å². The number of rotatable bonds is 29. The summed E-state index contributed by atoms with van der Waals surface area (Å²) < 4.78 is 0. The normalized spacial score (nSPS) is 15.0. The van der Waals surface area contributed by atoms with E-state index in [0.29, 0.717) is 45.2 Å². The summed E-state index contributed by atoms with van der Waals surface area (Å²) in [5.74, 6) is -6.19. The van der Waals surface area contributed by atoms with Crippen LogP contribution in [0.5, 0.6) is 0 Å². The molecule has 21 N–H and O–H groups in total. The highest BCUT2D eigenvalue weighted by Gasteiger charge is 2.34. The van der Waals surface area contributed by atoms with Gasteiger partial charge in [0.05, 0.1) is 24.5 Å². The summed E-state index contributed by atoms with van der Waals surface area (Å²) in [5, 5.41) is 12.7. The van der Waals surface area contributed by atoms with E-state index in [2.05, 4.69) is 44.2 Å². The number of nitrogens with two attached hydrogens (primary N) is 8. The van der Waals surface area contributed by atoms with Crippen LogP contribution >= 0.6 is 12.6 Å². The molecule has 0 radical (unpaired) electrons. The predicted molar refractivity (Wildman–Crippen MR) is 208 cm³/mol. The summed E-state index contributed by atoms with van der Waals surface area (Å²) in [4.78, 5) is 95.2. The van der Waals surface area contributed by atoms with Crippen LogP contribution in [0.4, 0.5) is 0 Å². The first-order valence-electron chi connectivity index (χ1n) is 18.0. The van der Waals surface area contributed by atoms with E-state index in [-0.39, 0.29) is 44.1 Å². The molecule has 0 fully saturated rings. The average molecular weight is 789 g/mol. The Bertz CT molecular complexity index is 1250. The number of ketones is 1. The molecule has 0 aromatic rings. The molecular formula is C32H64N14O7S. The van der Waals surface area contributed by atoms with Crippen LogP contribution in [0, 0.1) is 5.92 Å². The molecule has 22 heteroatoms. The molecule has 0 aliphatic heterocycles. The molecule has 0 heterocycles. The summed E-state index contributed by atoms with van der Waals surface area (Å²) in [6, 6.07) is -8.26. The summed E-state index contributed by atoms with van der Waals surface area (Å²) in [6.07, 6.45) is 2.40. The van der Waals surface area contributed by atoms with Gasteiger partial charge in [-0.3, -0.25) is 38.6 Å². The number of nitrogens with zero attached hydrogens (tertiary/aromatic N) is 1. The van der Waals surface area contributed by atoms with E-state index in [0.717, 1.165) is 0 Å². The number of hydrogen-bond donors (Lipinski definition) is 14. The lowest BCUT2D eigenvalue weighted by Gasteiger charge is -2.28. The Kier molecular flexibility index (Phi) is 25.4. The SMILES string of the molecule is CC(C)[C@H](NC(=O)[C@@H](N)CCCN=C(N)N)C(=O)N[C@@H](CC(N)=O)C(=O)N[C@@H](CS)C(=O)N[C@@H](CCCCN)C(=O)N[C@@H](CCCCN)C(=O)C(N)CN. The van der Waals surface area contributed by atoms with Crippen LogP contribution in [0.15, 0.2) is 4.99 Å². The summed E-state index contributed by atoms with van der Waals surface area (Å²) >= 11 is 4.19. The second kappa shape index (κ2) is 27.5. The van der Waals surface area contributed by atoms with E-state index in [9.17, 15) is 33.6 Å². The Morgan fingerprint density at radius 3 is 1.59 bits per heavy atom. The van der Waals surface area contributed by atoms with Gasteiger partial charge in [-0.15, -0.1) is 0 Å². The number of hydrogen-bond acceptors (Lipinski definition) is 14. The first-order valence-corrected chi connectivity index (χ1v) is 18.7. The molecule has 21 nitrogen and oxygen atoms in total. The van der Waals surface area contributed by atoms with Crippen molar-refractivity contribution in [1.29, 1.82) is 0 Å². The second-order valence-corrected chi connectivity index (χ2v) is 13.6. The predicted octanol–water partition coefficient (Wildman–Crippen LogP) is -5.63. The third-order valence-electron chi connectivity index (χ3n) is 8.21. The van der Waals surface area contributed by atoms with Crippen LogP contribution in [0.3, 0.4) is 0 Å². The number of nitrogens with one attached hydrogen (secondary N) is 5. The minimum absolute atomic E-state index is 0.104. The number of unbranched alkanes of at least 4 members (excludes halogenated alkanes) is 2. The zero-order valence-electron chi connectivity index (χ0n) is 31.4. The van der Waals surface area contributed by atoms with Crippen molar-refractivity contribution >= 4 is 59.8 Å². The largest absolute Gasteiger partial charge is 0.370 e. The number of Topliss-reactive ketones (excluding diaryl/α,β-unsaturated/α-hetero) is 1. The molecule has 310 valence electrons. The van der Waals surface area contributed by atoms with Gasteiger partial charge in [-0.05, 0) is 70.4 Å². The first kappa shape index (κ1) is 49.9. The Balaban J connectivity index is 5.94. The lowest BCUT2D eigenvalue weighted by Crippen LogP contribution is -2.61. The van der Waals surface area contributed by atoms with Gasteiger partial charge in [-0.2, -0.15) is 12.6 Å². The highest BCUT2D eigenvalue weighted by atomic mass is 32.1. The van der Waals surface area contributed by atoms with Crippen LogP contribution in [0.1, 0.15) is 71.6 Å². The molecule has 0 saturated carbocycles. The van der Waals surface area contributed by atoms with Gasteiger partial charge in [0.2, 0.25) is 35.4 Å². The summed E-state index contributed by atoms with van der Waals surface area (Å²) in [7, 11) is 0. The third kappa shape index (κ3) is 19.8. The topological polar surface area (TPSA) is 400 Å². The maximum absolute atomic E-state index is 13.5. The molecule has 0 bridgehead atoms. The van der Waals surface area contributed by atoms with Gasteiger partial charge < -0.3 is 72.5 Å². The number of primary amides is 1. The fourth-order valence-electron chi connectivity index (χ4n) is 5.04. The zero-order valence-corrected chi connectivity index (χ0v) is 32.3. The van der Waals surface area contributed by atoms with E-state index in [1.165, 1.54) is 0 Å². The highest BCUT2D eigenvalue weighted by Crippen LogP contribution is 2.09. The lowest BCUT2D eigenvalue weighted by atomic mass is 9.99. The van der Waals surface area contributed by atoms with Crippen molar-refractivity contribution in [3.8, 4) is 0 Å². The number of carbonyl (C=O) groups excluding carboxylic acids is 7. The van der Waals surface area contributed by atoms with E-state index in [1.807, 2.05) is 0 Å². The summed E-state index contributed by atoms with van der Waals surface area (Å²) in [6.45, 7) is 4.10. The molecule has 6 amide bonds. The monoisotopic (exact) mass is 788 g/mol. The fourth-order valence-corrected chi connectivity index (χ4v) is 5.30. The molecule has 0 aromatic heterocycles. The quantitative estimate of drug-likeness (QED) is 0.0145. The lowest BCUT2D eigenvalue weighted by molar-refractivity contribution is -0.136. The molecule has 0 saturated heterocycles. The Hall–Kier alpha value is -4.09. The Morgan fingerprint density at radius 2 is 1.09 bits per heavy atom. The van der Waals surface area contributed by atoms with Crippen LogP contribution in [0.2, 0.25) is 0 Å². The van der Waals surface area contributed by atoms with Gasteiger partial charge >= 0.3 is 0 Å². The molecule has 0 aliphatic rings. The minimum atomic E-state index is -1.56. The van der Waals surface area contributed by atoms with Crippen LogP contribution in [-0.4, -0.2) is 121 Å². The van der Waals surface area contributed by atoms with Crippen molar-refractivity contribution in [1.82, 2.24) is 26.6 Å². The van der Waals surface area contributed by atoms with Gasteiger partial charge in [0.15, 0.2) is 11.7 Å². The van der Waals surface area contributed by atoms with Crippen molar-refractivity contribution in [2.24, 2.45) is 56.8 Å². The Morgan fingerprint density at radius 1 is 0.593 bits per heavy atom. The highest BCUT2D eigenvalue weighted by molar-refractivity contribution is 7.80. The van der Waals surface area contributed by atoms with E-state index >= 15 is 0 Å². The molecule has 54 heavy (non-hydrogen) atoms. The standard InChI is InChI=1S/C32H64N14O7S/c1-17(2)25(46-27(49)18(36)8-7-13-41-32(39)40)31(53)44-22(14-24(38)47)29(51)45-23(16-54)30(52)43-21(10-4-6-12-34)28(50)42-20(9-3-5-11-33)26(48)19(37)15-35/h17-23,25,54H,3-16,33-37H2,1-2H3,(H2,38,47)(H,42,50)(H,43,52)(H,44,53)(H,45,51)(H,46,49)(H4,39,40,41)/t18-,19?,20-,21-,22-,23-,25-/m0/s1. The van der Waals surface area contributed by atoms with Crippen LogP contribution in [-0.2, 0) is 33.6 Å². The van der Waals surface area contributed by atoms with Crippen molar-refractivity contribution in [3.63, 3.8) is 0 Å². The van der Waals surface area contributed by atoms with Crippen molar-refractivity contribution in [2.45, 2.75) is 114 Å². The van der Waals surface area contributed by atoms with Gasteiger partial charge in [0.1, 0.15) is 24.2 Å². The van der Waals surface area contributed by atoms with Crippen LogP contribution < -0.4 is 72.5 Å². The Labute approximate surface area is 322 Å². The maximum atomic E-state index is 13.5. The van der Waals surface area contributed by atoms with Crippen molar-refractivity contribution < 1.29 is 33.6 Å². The van der Waals surface area contributed by atoms with Gasteiger partial charge in [-0.25, -0.2) is 0 Å². The fraction of sp³-hybridized carbons (Fsp3) is 0.750. The van der Waals surface area contributed by atoms with Crippen molar-refractivity contribution in [3.05, 3.63) is 0 Å².